The monoisotopic (exact) mass is 321 g/mol. The summed E-state index contributed by atoms with van der Waals surface area (Å²) in [5.74, 6) is -3.10. The number of nitrogens with one attached hydrogen (secondary N) is 1. The Morgan fingerprint density at radius 3 is 2.52 bits per heavy atom. The molecule has 0 radical (unpaired) electrons. The van der Waals surface area contributed by atoms with Crippen LogP contribution in [0.15, 0.2) is 16.9 Å². The van der Waals surface area contributed by atoms with Crippen LogP contribution in [0.3, 0.4) is 0 Å². The van der Waals surface area contributed by atoms with Crippen molar-refractivity contribution in [3.05, 3.63) is 67.9 Å². The minimum absolute atomic E-state index is 0.0969. The van der Waals surface area contributed by atoms with Crippen molar-refractivity contribution in [2.24, 2.45) is 0 Å². The van der Waals surface area contributed by atoms with Crippen molar-refractivity contribution in [1.29, 1.82) is 0 Å². The maximum absolute atomic E-state index is 14.0. The van der Waals surface area contributed by atoms with Crippen LogP contribution in [-0.4, -0.2) is 4.98 Å². The molecule has 0 fully saturated rings. The van der Waals surface area contributed by atoms with Crippen LogP contribution in [0.25, 0.3) is 0 Å². The van der Waals surface area contributed by atoms with Gasteiger partial charge < -0.3 is 4.98 Å². The van der Waals surface area contributed by atoms with E-state index >= 15 is 0 Å². The predicted octanol–water partition coefficient (Wildman–Crippen LogP) is 3.92. The second-order valence-corrected chi connectivity index (χ2v) is 6.86. The number of fused-ring (bicyclic) bond motifs is 1. The number of halogens is 3. The van der Waals surface area contributed by atoms with Gasteiger partial charge in [0.2, 0.25) is 0 Å². The molecule has 0 spiro atoms. The predicted molar refractivity (Wildman–Crippen MR) is 82.3 cm³/mol. The van der Waals surface area contributed by atoms with Gasteiger partial charge in [0.25, 0.3) is 5.56 Å². The molecule has 3 rings (SSSR count). The average Bonchev–Trinajstić information content (AvgIpc) is 2.78. The number of aryl methyl sites for hydroxylation is 1. The van der Waals surface area contributed by atoms with E-state index in [-0.39, 0.29) is 28.5 Å². The molecule has 0 unspecified atom stereocenters. The highest BCUT2D eigenvalue weighted by atomic mass is 19.2. The average molecular weight is 321 g/mol. The zero-order valence-corrected chi connectivity index (χ0v) is 13.3. The Morgan fingerprint density at radius 1 is 1.13 bits per heavy atom. The molecule has 1 aliphatic rings. The summed E-state index contributed by atoms with van der Waals surface area (Å²) in [5, 5.41) is 0. The molecule has 5 heteroatoms. The molecular formula is C18H18F3NO. The number of hydrogen-bond donors (Lipinski definition) is 1. The molecule has 0 aliphatic heterocycles. The molecule has 1 heterocycles. The summed E-state index contributed by atoms with van der Waals surface area (Å²) in [6, 6.07) is 2.70. The Kier molecular flexibility index (Phi) is 3.62. The number of hydrogen-bond acceptors (Lipinski definition) is 1. The van der Waals surface area contributed by atoms with E-state index in [1.54, 1.807) is 6.07 Å². The van der Waals surface area contributed by atoms with Gasteiger partial charge in [0.15, 0.2) is 11.6 Å². The van der Waals surface area contributed by atoms with E-state index in [9.17, 15) is 18.0 Å². The Bertz CT molecular complexity index is 852. The molecule has 0 saturated heterocycles. The molecule has 1 aliphatic carbocycles. The third-order valence-corrected chi connectivity index (χ3v) is 4.74. The van der Waals surface area contributed by atoms with Gasteiger partial charge in [-0.15, -0.1) is 0 Å². The molecule has 1 aromatic carbocycles. The Hall–Kier alpha value is -2.04. The summed E-state index contributed by atoms with van der Waals surface area (Å²) in [5.41, 5.74) is 1.30. The molecule has 122 valence electrons. The van der Waals surface area contributed by atoms with E-state index in [0.717, 1.165) is 30.2 Å². The fourth-order valence-electron chi connectivity index (χ4n) is 3.20. The van der Waals surface area contributed by atoms with E-state index in [2.05, 4.69) is 18.8 Å². The molecule has 1 aromatic heterocycles. The van der Waals surface area contributed by atoms with Crippen LogP contribution in [0.2, 0.25) is 0 Å². The van der Waals surface area contributed by atoms with Crippen molar-refractivity contribution in [3.8, 4) is 0 Å². The topological polar surface area (TPSA) is 32.9 Å². The first-order valence-electron chi connectivity index (χ1n) is 7.59. The van der Waals surface area contributed by atoms with E-state index in [0.29, 0.717) is 5.56 Å². The highest BCUT2D eigenvalue weighted by Gasteiger charge is 2.31. The standard InChI is InChI=1S/C18H18F3NO/c1-9-13(19)8-11(15(21)14(9)20)7-12-6-10-4-5-18(2,3)16(10)22-17(12)23/h6,8H,4-5,7H2,1-3H3,(H,22,23). The zero-order chi connectivity index (χ0) is 16.9. The Labute approximate surface area is 132 Å². The van der Waals surface area contributed by atoms with Crippen molar-refractivity contribution in [3.63, 3.8) is 0 Å². The van der Waals surface area contributed by atoms with Gasteiger partial charge in [0, 0.05) is 28.7 Å². The van der Waals surface area contributed by atoms with Crippen LogP contribution in [0.4, 0.5) is 13.2 Å². The summed E-state index contributed by atoms with van der Waals surface area (Å²) in [4.78, 5) is 15.1. The minimum Gasteiger partial charge on any atom is -0.325 e. The molecule has 1 N–H and O–H groups in total. The number of aromatic amines is 1. The van der Waals surface area contributed by atoms with Crippen molar-refractivity contribution in [2.45, 2.75) is 45.4 Å². The molecule has 23 heavy (non-hydrogen) atoms. The van der Waals surface area contributed by atoms with Gasteiger partial charge >= 0.3 is 0 Å². The smallest absolute Gasteiger partial charge is 0.251 e. The number of benzene rings is 1. The van der Waals surface area contributed by atoms with Crippen LogP contribution >= 0.6 is 0 Å². The quantitative estimate of drug-likeness (QED) is 0.836. The maximum Gasteiger partial charge on any atom is 0.251 e. The zero-order valence-electron chi connectivity index (χ0n) is 13.3. The molecule has 0 atom stereocenters. The van der Waals surface area contributed by atoms with E-state index in [4.69, 9.17) is 0 Å². The third-order valence-electron chi connectivity index (χ3n) is 4.74. The van der Waals surface area contributed by atoms with E-state index in [1.165, 1.54) is 6.92 Å². The van der Waals surface area contributed by atoms with Gasteiger partial charge in [-0.05, 0) is 43.0 Å². The van der Waals surface area contributed by atoms with Gasteiger partial charge in [-0.3, -0.25) is 4.79 Å². The first-order valence-corrected chi connectivity index (χ1v) is 7.59. The van der Waals surface area contributed by atoms with E-state index < -0.39 is 17.5 Å². The van der Waals surface area contributed by atoms with Gasteiger partial charge in [-0.2, -0.15) is 0 Å². The number of H-pyrrole nitrogens is 1. The molecule has 0 saturated carbocycles. The van der Waals surface area contributed by atoms with Crippen LogP contribution in [0.5, 0.6) is 0 Å². The fourth-order valence-corrected chi connectivity index (χ4v) is 3.20. The summed E-state index contributed by atoms with van der Waals surface area (Å²) in [7, 11) is 0. The normalized spacial score (nSPS) is 15.7. The summed E-state index contributed by atoms with van der Waals surface area (Å²) in [6.07, 6.45) is 1.61. The molecular weight excluding hydrogens is 303 g/mol. The fraction of sp³-hybridized carbons (Fsp3) is 0.389. The van der Waals surface area contributed by atoms with Crippen molar-refractivity contribution in [2.75, 3.05) is 0 Å². The summed E-state index contributed by atoms with van der Waals surface area (Å²) < 4.78 is 41.3. The Balaban J connectivity index is 2.05. The number of pyridine rings is 1. The lowest BCUT2D eigenvalue weighted by atomic mass is 9.90. The first-order chi connectivity index (χ1) is 10.7. The van der Waals surface area contributed by atoms with Crippen LogP contribution in [-0.2, 0) is 18.3 Å². The third kappa shape index (κ3) is 2.58. The van der Waals surface area contributed by atoms with Gasteiger partial charge in [0.1, 0.15) is 5.82 Å². The highest BCUT2D eigenvalue weighted by molar-refractivity contribution is 5.38. The van der Waals surface area contributed by atoms with Gasteiger partial charge in [-0.1, -0.05) is 13.8 Å². The number of aromatic nitrogens is 1. The van der Waals surface area contributed by atoms with Gasteiger partial charge in [0.05, 0.1) is 0 Å². The number of rotatable bonds is 2. The molecule has 2 nitrogen and oxygen atoms in total. The first kappa shape index (κ1) is 15.8. The highest BCUT2D eigenvalue weighted by Crippen LogP contribution is 2.36. The second-order valence-electron chi connectivity index (χ2n) is 6.86. The van der Waals surface area contributed by atoms with Crippen molar-refractivity contribution >= 4 is 0 Å². The SMILES string of the molecule is Cc1c(F)cc(Cc2cc3c([nH]c2=O)C(C)(C)CC3)c(F)c1F. The minimum atomic E-state index is -1.20. The molecule has 0 amide bonds. The Morgan fingerprint density at radius 2 is 1.83 bits per heavy atom. The summed E-state index contributed by atoms with van der Waals surface area (Å²) >= 11 is 0. The lowest BCUT2D eigenvalue weighted by Gasteiger charge is -2.18. The van der Waals surface area contributed by atoms with Crippen LogP contribution in [0, 0.1) is 24.4 Å². The van der Waals surface area contributed by atoms with Crippen LogP contribution < -0.4 is 5.56 Å². The molecule has 0 bridgehead atoms. The van der Waals surface area contributed by atoms with Gasteiger partial charge in [-0.25, -0.2) is 13.2 Å². The van der Waals surface area contributed by atoms with Crippen LogP contribution in [0.1, 0.15) is 48.2 Å². The summed E-state index contributed by atoms with van der Waals surface area (Å²) in [6.45, 7) is 5.29. The molecule has 2 aromatic rings. The largest absolute Gasteiger partial charge is 0.325 e. The van der Waals surface area contributed by atoms with Crippen molar-refractivity contribution in [1.82, 2.24) is 4.98 Å². The second kappa shape index (κ2) is 5.25. The lowest BCUT2D eigenvalue weighted by Crippen LogP contribution is -2.22. The maximum atomic E-state index is 14.0. The lowest BCUT2D eigenvalue weighted by molar-refractivity contribution is 0.478. The van der Waals surface area contributed by atoms with Crippen molar-refractivity contribution < 1.29 is 13.2 Å². The van der Waals surface area contributed by atoms with E-state index in [1.807, 2.05) is 0 Å².